The second-order valence-corrected chi connectivity index (χ2v) is 6.86. The number of carbonyl (C=O) groups excluding carboxylic acids is 1. The average molecular weight is 317 g/mol. The minimum atomic E-state index is -0.414. The van der Waals surface area contributed by atoms with Crippen LogP contribution in [0.15, 0.2) is 24.3 Å². The number of rotatable bonds is 7. The third-order valence-corrected chi connectivity index (χ3v) is 4.67. The first kappa shape index (κ1) is 18.0. The van der Waals surface area contributed by atoms with Crippen molar-refractivity contribution in [2.75, 3.05) is 0 Å². The van der Waals surface area contributed by atoms with Gasteiger partial charge in [0.05, 0.1) is 5.56 Å². The van der Waals surface area contributed by atoms with E-state index in [0.717, 1.165) is 25.4 Å². The molecule has 0 spiro atoms. The number of carbonyl (C=O) groups is 1. The monoisotopic (exact) mass is 317 g/mol. The molecule has 0 bridgehead atoms. The van der Waals surface area contributed by atoms with Gasteiger partial charge in [-0.05, 0) is 55.2 Å². The molecule has 2 unspecified atom stereocenters. The van der Waals surface area contributed by atoms with Crippen molar-refractivity contribution in [1.29, 1.82) is 0 Å². The Hall–Kier alpha value is -1.35. The Bertz CT molecular complexity index is 480. The molecule has 0 aliphatic heterocycles. The molecule has 3 nitrogen and oxygen atoms in total. The Morgan fingerprint density at radius 3 is 2.57 bits per heavy atom. The lowest BCUT2D eigenvalue weighted by molar-refractivity contribution is -0.248. The van der Waals surface area contributed by atoms with Crippen molar-refractivity contribution in [3.05, 3.63) is 41.5 Å². The number of unbranched alkanes of at least 4 members (excludes halogenated alkanes) is 2. The number of benzene rings is 1. The van der Waals surface area contributed by atoms with Crippen LogP contribution in [0.1, 0.15) is 75.2 Å². The standard InChI is InChI=1S/C20H29O3/c1-4-5-6-7-17-10-12-18(13-11-17)20(21)23-22-19-14-15(2)8-9-16(19)3/h10-13,15-16H,4-9,14H2,1-3H3. The van der Waals surface area contributed by atoms with Crippen LogP contribution < -0.4 is 0 Å². The van der Waals surface area contributed by atoms with Gasteiger partial charge in [-0.25, -0.2) is 4.79 Å². The van der Waals surface area contributed by atoms with Gasteiger partial charge in [0.25, 0.3) is 0 Å². The smallest absolute Gasteiger partial charge is 0.292 e. The SMILES string of the molecule is CCCCCc1ccc(C(=O)OO[C]2CC(C)CCC2C)cc1. The van der Waals surface area contributed by atoms with Crippen molar-refractivity contribution in [2.24, 2.45) is 11.8 Å². The van der Waals surface area contributed by atoms with Crippen molar-refractivity contribution >= 4 is 5.97 Å². The maximum absolute atomic E-state index is 12.1. The molecule has 1 radical (unpaired) electrons. The van der Waals surface area contributed by atoms with E-state index in [1.165, 1.54) is 31.2 Å². The van der Waals surface area contributed by atoms with Gasteiger partial charge >= 0.3 is 5.97 Å². The van der Waals surface area contributed by atoms with Gasteiger partial charge in [-0.15, -0.1) is 0 Å². The van der Waals surface area contributed by atoms with Gasteiger partial charge in [0.2, 0.25) is 0 Å². The van der Waals surface area contributed by atoms with Crippen LogP contribution in [0.2, 0.25) is 0 Å². The second kappa shape index (κ2) is 9.07. The maximum Gasteiger partial charge on any atom is 0.373 e. The summed E-state index contributed by atoms with van der Waals surface area (Å²) in [6.07, 6.45) is 8.80. The lowest BCUT2D eigenvalue weighted by atomic mass is 9.82. The van der Waals surface area contributed by atoms with E-state index >= 15 is 0 Å². The summed E-state index contributed by atoms with van der Waals surface area (Å²) < 4.78 is 0. The molecule has 1 aliphatic carbocycles. The average Bonchev–Trinajstić information content (AvgIpc) is 2.56. The third kappa shape index (κ3) is 5.65. The summed E-state index contributed by atoms with van der Waals surface area (Å²) in [4.78, 5) is 22.5. The van der Waals surface area contributed by atoms with E-state index in [0.29, 0.717) is 17.4 Å². The van der Waals surface area contributed by atoms with Crippen LogP contribution in [0.25, 0.3) is 0 Å². The Balaban J connectivity index is 1.81. The van der Waals surface area contributed by atoms with Crippen LogP contribution in [-0.2, 0) is 16.2 Å². The van der Waals surface area contributed by atoms with Crippen molar-refractivity contribution < 1.29 is 14.6 Å². The van der Waals surface area contributed by atoms with Gasteiger partial charge in [0.15, 0.2) is 6.10 Å². The molecule has 2 rings (SSSR count). The minimum Gasteiger partial charge on any atom is -0.292 e. The van der Waals surface area contributed by atoms with Crippen LogP contribution in [0.3, 0.4) is 0 Å². The predicted molar refractivity (Wildman–Crippen MR) is 91.6 cm³/mol. The first-order valence-electron chi connectivity index (χ1n) is 8.93. The van der Waals surface area contributed by atoms with Gasteiger partial charge in [-0.2, -0.15) is 4.89 Å². The molecule has 1 aromatic carbocycles. The molecule has 1 saturated carbocycles. The molecular weight excluding hydrogens is 288 g/mol. The van der Waals surface area contributed by atoms with E-state index in [9.17, 15) is 4.79 Å². The zero-order chi connectivity index (χ0) is 16.7. The van der Waals surface area contributed by atoms with Crippen LogP contribution in [0.4, 0.5) is 0 Å². The van der Waals surface area contributed by atoms with E-state index in [2.05, 4.69) is 20.8 Å². The fourth-order valence-electron chi connectivity index (χ4n) is 2.98. The van der Waals surface area contributed by atoms with Crippen LogP contribution in [-0.4, -0.2) is 5.97 Å². The zero-order valence-corrected chi connectivity index (χ0v) is 14.6. The molecule has 3 heteroatoms. The Morgan fingerprint density at radius 2 is 1.87 bits per heavy atom. The normalized spacial score (nSPS) is 22.0. The van der Waals surface area contributed by atoms with Gasteiger partial charge in [-0.3, -0.25) is 4.89 Å². The predicted octanol–water partition coefficient (Wildman–Crippen LogP) is 5.50. The van der Waals surface area contributed by atoms with Gasteiger partial charge in [0.1, 0.15) is 0 Å². The summed E-state index contributed by atoms with van der Waals surface area (Å²) in [7, 11) is 0. The summed E-state index contributed by atoms with van der Waals surface area (Å²) >= 11 is 0. The molecule has 1 aliphatic rings. The quantitative estimate of drug-likeness (QED) is 0.378. The lowest BCUT2D eigenvalue weighted by Crippen LogP contribution is -2.23. The Morgan fingerprint density at radius 1 is 1.13 bits per heavy atom. The van der Waals surface area contributed by atoms with E-state index in [4.69, 9.17) is 9.78 Å². The van der Waals surface area contributed by atoms with Crippen molar-refractivity contribution in [1.82, 2.24) is 0 Å². The first-order valence-corrected chi connectivity index (χ1v) is 8.93. The number of aryl methyl sites for hydroxylation is 1. The van der Waals surface area contributed by atoms with E-state index < -0.39 is 5.97 Å². The largest absolute Gasteiger partial charge is 0.373 e. The van der Waals surface area contributed by atoms with Crippen molar-refractivity contribution in [3.8, 4) is 0 Å². The van der Waals surface area contributed by atoms with E-state index in [-0.39, 0.29) is 0 Å². The van der Waals surface area contributed by atoms with Crippen LogP contribution in [0.5, 0.6) is 0 Å². The summed E-state index contributed by atoms with van der Waals surface area (Å²) in [5.41, 5.74) is 1.81. The highest BCUT2D eigenvalue weighted by Gasteiger charge is 2.29. The summed E-state index contributed by atoms with van der Waals surface area (Å²) in [5.74, 6) is 0.547. The molecule has 0 amide bonds. The van der Waals surface area contributed by atoms with E-state index in [1.54, 1.807) is 0 Å². The fourth-order valence-corrected chi connectivity index (χ4v) is 2.98. The Labute approximate surface area is 140 Å². The minimum absolute atomic E-state index is 0.361. The molecule has 0 saturated heterocycles. The van der Waals surface area contributed by atoms with Crippen molar-refractivity contribution in [2.45, 2.75) is 65.7 Å². The van der Waals surface area contributed by atoms with Crippen LogP contribution >= 0.6 is 0 Å². The molecule has 1 aromatic rings. The van der Waals surface area contributed by atoms with Gasteiger partial charge in [-0.1, -0.05) is 52.2 Å². The number of hydrogen-bond acceptors (Lipinski definition) is 3. The molecule has 23 heavy (non-hydrogen) atoms. The lowest BCUT2D eigenvalue weighted by Gasteiger charge is -2.29. The zero-order valence-electron chi connectivity index (χ0n) is 14.6. The molecule has 1 fully saturated rings. The van der Waals surface area contributed by atoms with Crippen LogP contribution in [0, 0.1) is 17.9 Å². The molecule has 0 heterocycles. The highest BCUT2D eigenvalue weighted by atomic mass is 17.2. The molecule has 0 N–H and O–H groups in total. The summed E-state index contributed by atoms with van der Waals surface area (Å²) in [6, 6.07) is 7.66. The summed E-state index contributed by atoms with van der Waals surface area (Å²) in [6.45, 7) is 6.53. The number of hydrogen-bond donors (Lipinski definition) is 0. The highest BCUT2D eigenvalue weighted by Crippen LogP contribution is 2.35. The molecule has 0 aromatic heterocycles. The highest BCUT2D eigenvalue weighted by molar-refractivity contribution is 5.88. The second-order valence-electron chi connectivity index (χ2n) is 6.86. The molecule has 2 atom stereocenters. The maximum atomic E-state index is 12.1. The fraction of sp³-hybridized carbons (Fsp3) is 0.600. The van der Waals surface area contributed by atoms with E-state index in [1.807, 2.05) is 24.3 Å². The Kier molecular flexibility index (Phi) is 7.10. The molecule has 127 valence electrons. The first-order chi connectivity index (χ1) is 11.1. The third-order valence-electron chi connectivity index (χ3n) is 4.67. The topological polar surface area (TPSA) is 35.5 Å². The molecular formula is C20H29O3. The summed E-state index contributed by atoms with van der Waals surface area (Å²) in [5, 5.41) is 0. The van der Waals surface area contributed by atoms with Gasteiger partial charge < -0.3 is 0 Å². The van der Waals surface area contributed by atoms with Crippen molar-refractivity contribution in [3.63, 3.8) is 0 Å². The van der Waals surface area contributed by atoms with Gasteiger partial charge in [0, 0.05) is 0 Å².